The first kappa shape index (κ1) is 44.6. The highest BCUT2D eigenvalue weighted by atomic mass is 16.5. The molecule has 2 atom stereocenters. The lowest BCUT2D eigenvalue weighted by Gasteiger charge is -2.44. The van der Waals surface area contributed by atoms with Gasteiger partial charge in [0.25, 0.3) is 0 Å². The number of nitriles is 1. The number of allylic oxidation sites excluding steroid dienone is 5. The van der Waals surface area contributed by atoms with E-state index in [1.54, 1.807) is 19.2 Å². The van der Waals surface area contributed by atoms with Gasteiger partial charge in [-0.25, -0.2) is 0 Å². The maximum atomic E-state index is 11.1. The van der Waals surface area contributed by atoms with Gasteiger partial charge in [-0.1, -0.05) is 31.7 Å². The molecular weight excluding hydrogens is 618 g/mol. The molecule has 270 valence electrons. The smallest absolute Gasteiger partial charge is 0.234 e. The quantitative estimate of drug-likeness (QED) is 0.0783. The highest BCUT2D eigenvalue weighted by Gasteiger charge is 2.31. The standard InChI is InChI=1S/C21H35N5O.C12H17N3O2.C2H5N.C2H2/c1-5-17(4)20(9-8-18(6-2)23-16-24-21(22)7-3)26-12-10-25(11-13-26)19-14-27-15-19;1-2-3-11(4-5-13)17-9-8-15-7-6-14-12(16)10-15;1-3-2;1-2/h1,6,8-9,17,19-20,23H,7,10-16H2,2-4H3,(H2,22,24);2-3H,1,4,6-10H2,(H,14,16);1H2,2H3;1-2H/b9-8-,18-6+;11-3+;;. The molecule has 0 bridgehead atoms. The number of hydrogen-bond donors (Lipinski definition) is 3. The average Bonchev–Trinajstić information content (AvgIpc) is 3.09. The molecule has 0 saturated carbocycles. The summed E-state index contributed by atoms with van der Waals surface area (Å²) in [4.78, 5) is 25.7. The second-order valence-electron chi connectivity index (χ2n) is 11.1. The number of nitrogens with zero attached hydrogens (tertiary/aromatic N) is 6. The van der Waals surface area contributed by atoms with Crippen LogP contribution in [0.25, 0.3) is 0 Å². The van der Waals surface area contributed by atoms with Crippen LogP contribution in [0.15, 0.2) is 58.4 Å². The molecular formula is C37H59N9O3. The van der Waals surface area contributed by atoms with Crippen LogP contribution < -0.4 is 16.4 Å². The number of amidine groups is 1. The molecule has 3 aliphatic rings. The van der Waals surface area contributed by atoms with E-state index < -0.39 is 0 Å². The summed E-state index contributed by atoms with van der Waals surface area (Å²) in [5.74, 6) is 4.41. The first-order valence-corrected chi connectivity index (χ1v) is 16.6. The summed E-state index contributed by atoms with van der Waals surface area (Å²) in [6.07, 6.45) is 24.4. The molecule has 12 heteroatoms. The Labute approximate surface area is 295 Å². The Morgan fingerprint density at radius 2 is 1.96 bits per heavy atom. The van der Waals surface area contributed by atoms with Crippen LogP contribution in [-0.2, 0) is 14.3 Å². The number of nitrogens with one attached hydrogen (secondary N) is 2. The third kappa shape index (κ3) is 19.3. The van der Waals surface area contributed by atoms with E-state index in [2.05, 4.69) is 81.6 Å². The molecule has 3 rings (SSSR count). The molecule has 0 aromatic heterocycles. The van der Waals surface area contributed by atoms with Crippen LogP contribution >= 0.6 is 0 Å². The van der Waals surface area contributed by atoms with Gasteiger partial charge in [-0.15, -0.1) is 25.2 Å². The molecule has 1 amide bonds. The van der Waals surface area contributed by atoms with Crippen LogP contribution in [0.2, 0.25) is 0 Å². The van der Waals surface area contributed by atoms with Crippen molar-refractivity contribution in [3.05, 3.63) is 48.4 Å². The molecule has 0 aromatic rings. The van der Waals surface area contributed by atoms with Gasteiger partial charge in [0.1, 0.15) is 19.0 Å². The number of rotatable bonds is 15. The number of ether oxygens (including phenoxy) is 2. The fraction of sp³-hybridized carbons (Fsp3) is 0.568. The zero-order chi connectivity index (χ0) is 36.9. The number of hydrogen-bond acceptors (Lipinski definition) is 10. The molecule has 49 heavy (non-hydrogen) atoms. The average molecular weight is 678 g/mol. The minimum absolute atomic E-state index is 0.0510. The largest absolute Gasteiger partial charge is 0.496 e. The van der Waals surface area contributed by atoms with E-state index in [0.29, 0.717) is 50.5 Å². The Morgan fingerprint density at radius 1 is 1.29 bits per heavy atom. The van der Waals surface area contributed by atoms with Gasteiger partial charge in [0.15, 0.2) is 0 Å². The summed E-state index contributed by atoms with van der Waals surface area (Å²) >= 11 is 0. The molecule has 0 radical (unpaired) electrons. The summed E-state index contributed by atoms with van der Waals surface area (Å²) in [5.41, 5.74) is 6.79. The number of piperazine rings is 2. The summed E-state index contributed by atoms with van der Waals surface area (Å²) in [6, 6.07) is 2.87. The van der Waals surface area contributed by atoms with Gasteiger partial charge in [0, 0.05) is 76.9 Å². The zero-order valence-electron chi connectivity index (χ0n) is 30.1. The SMILES string of the molecule is C#C.C#CC(C)C(/C=C\C(=C/C)NC/N=C(\N)CC)N1CCN(C2COC2)CC1.C=C/C=C(\CC#N)OCCN1CCNC(=O)C1.C=NC. The number of carbonyl (C=O) groups excluding carboxylic acids is 1. The topological polar surface area (TPSA) is 144 Å². The lowest BCUT2D eigenvalue weighted by atomic mass is 9.99. The van der Waals surface area contributed by atoms with Crippen LogP contribution in [0, 0.1) is 42.4 Å². The van der Waals surface area contributed by atoms with E-state index in [1.807, 2.05) is 30.9 Å². The van der Waals surface area contributed by atoms with Crippen molar-refractivity contribution in [3.8, 4) is 31.3 Å². The maximum absolute atomic E-state index is 11.1. The Kier molecular flexibility index (Phi) is 26.1. The van der Waals surface area contributed by atoms with Crippen LogP contribution in [0.1, 0.15) is 33.6 Å². The van der Waals surface area contributed by atoms with E-state index in [1.165, 1.54) is 0 Å². The van der Waals surface area contributed by atoms with Gasteiger partial charge < -0.3 is 30.8 Å². The van der Waals surface area contributed by atoms with E-state index in [9.17, 15) is 4.79 Å². The maximum Gasteiger partial charge on any atom is 0.234 e. The normalized spacial score (nSPS) is 18.9. The number of nitrogens with two attached hydrogens (primary N) is 1. The Balaban J connectivity index is 0.000000897. The minimum Gasteiger partial charge on any atom is -0.496 e. The van der Waals surface area contributed by atoms with Crippen molar-refractivity contribution in [3.63, 3.8) is 0 Å². The van der Waals surface area contributed by atoms with E-state index in [-0.39, 0.29) is 24.3 Å². The fourth-order valence-corrected chi connectivity index (χ4v) is 4.90. The Hall–Kier alpha value is -4.38. The highest BCUT2D eigenvalue weighted by molar-refractivity contribution is 5.79. The van der Waals surface area contributed by atoms with Crippen LogP contribution in [0.5, 0.6) is 0 Å². The van der Waals surface area contributed by atoms with Gasteiger partial charge in [-0.3, -0.25) is 24.5 Å². The molecule has 4 N–H and O–H groups in total. The molecule has 0 aromatic carbocycles. The minimum atomic E-state index is 0.0510. The predicted octanol–water partition coefficient (Wildman–Crippen LogP) is 2.40. The monoisotopic (exact) mass is 677 g/mol. The molecule has 12 nitrogen and oxygen atoms in total. The van der Waals surface area contributed by atoms with Crippen LogP contribution in [0.3, 0.4) is 0 Å². The summed E-state index contributed by atoms with van der Waals surface area (Å²) in [6.45, 7) is 22.4. The van der Waals surface area contributed by atoms with Gasteiger partial charge in [0.2, 0.25) is 5.91 Å². The second kappa shape index (κ2) is 28.6. The van der Waals surface area contributed by atoms with Crippen molar-refractivity contribution in [2.45, 2.75) is 45.7 Å². The van der Waals surface area contributed by atoms with Crippen molar-refractivity contribution in [1.29, 1.82) is 5.26 Å². The molecule has 3 aliphatic heterocycles. The van der Waals surface area contributed by atoms with Crippen molar-refractivity contribution in [2.75, 3.05) is 85.9 Å². The fourth-order valence-electron chi connectivity index (χ4n) is 4.90. The van der Waals surface area contributed by atoms with E-state index in [0.717, 1.165) is 58.1 Å². The van der Waals surface area contributed by atoms with Gasteiger partial charge in [-0.2, -0.15) is 5.26 Å². The zero-order valence-corrected chi connectivity index (χ0v) is 30.1. The second-order valence-corrected chi connectivity index (χ2v) is 11.1. The predicted molar refractivity (Wildman–Crippen MR) is 202 cm³/mol. The molecule has 2 unspecified atom stereocenters. The summed E-state index contributed by atoms with van der Waals surface area (Å²) < 4.78 is 10.8. The lowest BCUT2D eigenvalue weighted by molar-refractivity contribution is -0.124. The van der Waals surface area contributed by atoms with E-state index in [4.69, 9.17) is 26.9 Å². The van der Waals surface area contributed by atoms with Gasteiger partial charge in [-0.05, 0) is 32.7 Å². The molecule has 0 aliphatic carbocycles. The molecule has 3 fully saturated rings. The number of terminal acetylenes is 2. The van der Waals surface area contributed by atoms with E-state index >= 15 is 0 Å². The third-order valence-corrected chi connectivity index (χ3v) is 7.76. The summed E-state index contributed by atoms with van der Waals surface area (Å²) in [5, 5.41) is 14.6. The van der Waals surface area contributed by atoms with Crippen molar-refractivity contribution < 1.29 is 14.3 Å². The van der Waals surface area contributed by atoms with Gasteiger partial charge >= 0.3 is 0 Å². The molecule has 0 spiro atoms. The first-order chi connectivity index (χ1) is 23.8. The third-order valence-electron chi connectivity index (χ3n) is 7.76. The molecule has 3 heterocycles. The Bertz CT molecular complexity index is 1180. The van der Waals surface area contributed by atoms with Crippen LogP contribution in [0.4, 0.5) is 0 Å². The van der Waals surface area contributed by atoms with Crippen molar-refractivity contribution >= 4 is 18.5 Å². The summed E-state index contributed by atoms with van der Waals surface area (Å²) in [7, 11) is 1.64. The van der Waals surface area contributed by atoms with Gasteiger partial charge in [0.05, 0.1) is 44.1 Å². The number of carbonyl (C=O) groups is 1. The Morgan fingerprint density at radius 3 is 2.47 bits per heavy atom. The van der Waals surface area contributed by atoms with Crippen molar-refractivity contribution in [1.82, 2.24) is 25.3 Å². The lowest BCUT2D eigenvalue weighted by Crippen LogP contribution is -2.58. The van der Waals surface area contributed by atoms with Crippen molar-refractivity contribution in [2.24, 2.45) is 21.6 Å². The first-order valence-electron chi connectivity index (χ1n) is 16.6. The molecule has 3 saturated heterocycles. The van der Waals surface area contributed by atoms with Crippen LogP contribution in [-0.4, -0.2) is 131 Å². The number of aliphatic imine (C=N–C) groups is 2. The number of amides is 1. The highest BCUT2D eigenvalue weighted by Crippen LogP contribution is 2.19.